The molecule has 1 heterocycles. The third-order valence-electron chi connectivity index (χ3n) is 2.58. The van der Waals surface area contributed by atoms with Gasteiger partial charge in [0.25, 0.3) is 0 Å². The lowest BCUT2D eigenvalue weighted by atomic mass is 10.2. The fraction of sp³-hybridized carbons (Fsp3) is 0.538. The van der Waals surface area contributed by atoms with Gasteiger partial charge < -0.3 is 10.6 Å². The lowest BCUT2D eigenvalue weighted by molar-refractivity contribution is 0.588. The molecule has 0 spiro atoms. The summed E-state index contributed by atoms with van der Waals surface area (Å²) in [6.07, 6.45) is 3.65. The van der Waals surface area contributed by atoms with E-state index in [9.17, 15) is 8.42 Å². The van der Waals surface area contributed by atoms with Gasteiger partial charge in [0.15, 0.2) is 5.96 Å². The van der Waals surface area contributed by atoms with Crippen molar-refractivity contribution in [3.05, 3.63) is 29.0 Å². The van der Waals surface area contributed by atoms with E-state index in [2.05, 4.69) is 25.3 Å². The summed E-state index contributed by atoms with van der Waals surface area (Å²) in [7, 11) is -3.17. The number of hydrogen-bond acceptors (Lipinski definition) is 4. The van der Waals surface area contributed by atoms with Crippen molar-refractivity contribution in [3.8, 4) is 0 Å². The highest BCUT2D eigenvalue weighted by atomic mass is 127. The van der Waals surface area contributed by atoms with Gasteiger partial charge in [-0.15, -0.1) is 24.0 Å². The number of rotatable bonds is 8. The van der Waals surface area contributed by atoms with Gasteiger partial charge in [0.1, 0.15) is 5.15 Å². The van der Waals surface area contributed by atoms with Gasteiger partial charge in [-0.05, 0) is 25.0 Å². The van der Waals surface area contributed by atoms with Gasteiger partial charge in [0.2, 0.25) is 10.0 Å². The average molecular weight is 476 g/mol. The Morgan fingerprint density at radius 1 is 1.30 bits per heavy atom. The quantitative estimate of drug-likeness (QED) is 0.171. The number of nitrogens with zero attached hydrogens (tertiary/aromatic N) is 2. The first-order valence-electron chi connectivity index (χ1n) is 6.98. The predicted octanol–water partition coefficient (Wildman–Crippen LogP) is 1.000. The zero-order valence-corrected chi connectivity index (χ0v) is 17.1. The molecule has 23 heavy (non-hydrogen) atoms. The number of hydrogen-bond donors (Lipinski definition) is 3. The summed E-state index contributed by atoms with van der Waals surface area (Å²) in [5.74, 6) is 0.653. The van der Waals surface area contributed by atoms with Crippen LogP contribution in [-0.4, -0.2) is 51.8 Å². The first-order valence-corrected chi connectivity index (χ1v) is 9.25. The Morgan fingerprint density at radius 2 is 2.04 bits per heavy atom. The van der Waals surface area contributed by atoms with Gasteiger partial charge in [-0.25, -0.2) is 18.1 Å². The number of halogens is 2. The van der Waals surface area contributed by atoms with Crippen LogP contribution in [0.1, 0.15) is 12.5 Å². The van der Waals surface area contributed by atoms with Crippen LogP contribution < -0.4 is 15.4 Å². The van der Waals surface area contributed by atoms with Crippen LogP contribution in [0, 0.1) is 0 Å². The fourth-order valence-corrected chi connectivity index (χ4v) is 2.19. The lowest BCUT2D eigenvalue weighted by Crippen LogP contribution is -2.39. The van der Waals surface area contributed by atoms with Crippen molar-refractivity contribution in [2.24, 2.45) is 4.99 Å². The largest absolute Gasteiger partial charge is 0.357 e. The van der Waals surface area contributed by atoms with E-state index in [4.69, 9.17) is 11.6 Å². The molecule has 0 amide bonds. The molecule has 0 saturated carbocycles. The topological polar surface area (TPSA) is 95.5 Å². The lowest BCUT2D eigenvalue weighted by Gasteiger charge is -2.11. The maximum Gasteiger partial charge on any atom is 0.208 e. The van der Waals surface area contributed by atoms with Crippen LogP contribution in [0.4, 0.5) is 0 Å². The van der Waals surface area contributed by atoms with E-state index in [0.29, 0.717) is 24.2 Å². The van der Waals surface area contributed by atoms with Crippen molar-refractivity contribution in [2.75, 3.05) is 32.4 Å². The van der Waals surface area contributed by atoms with Crippen LogP contribution in [-0.2, 0) is 16.4 Å². The van der Waals surface area contributed by atoms with E-state index in [1.807, 2.05) is 13.0 Å². The van der Waals surface area contributed by atoms with Crippen molar-refractivity contribution >= 4 is 51.6 Å². The minimum atomic E-state index is -3.17. The van der Waals surface area contributed by atoms with Gasteiger partial charge in [-0.3, -0.25) is 4.99 Å². The fourth-order valence-electron chi connectivity index (χ4n) is 1.62. The second-order valence-corrected chi connectivity index (χ2v) is 6.81. The maximum absolute atomic E-state index is 10.9. The van der Waals surface area contributed by atoms with Crippen molar-refractivity contribution in [3.63, 3.8) is 0 Å². The van der Waals surface area contributed by atoms with Crippen molar-refractivity contribution in [2.45, 2.75) is 13.3 Å². The van der Waals surface area contributed by atoms with Crippen LogP contribution in [0.5, 0.6) is 0 Å². The van der Waals surface area contributed by atoms with Crippen LogP contribution in [0.3, 0.4) is 0 Å². The number of pyridine rings is 1. The average Bonchev–Trinajstić information content (AvgIpc) is 2.44. The molecular weight excluding hydrogens is 453 g/mol. The van der Waals surface area contributed by atoms with Gasteiger partial charge in [-0.2, -0.15) is 0 Å². The number of sulfonamides is 1. The summed E-state index contributed by atoms with van der Waals surface area (Å²) in [6, 6.07) is 3.68. The summed E-state index contributed by atoms with van der Waals surface area (Å²) in [6.45, 7) is 4.03. The molecule has 0 unspecified atom stereocenters. The zero-order chi connectivity index (χ0) is 16.4. The molecule has 0 fully saturated rings. The van der Waals surface area contributed by atoms with Crippen molar-refractivity contribution in [1.29, 1.82) is 0 Å². The monoisotopic (exact) mass is 475 g/mol. The van der Waals surface area contributed by atoms with E-state index in [0.717, 1.165) is 24.8 Å². The van der Waals surface area contributed by atoms with Gasteiger partial charge in [-0.1, -0.05) is 17.7 Å². The number of aliphatic imine (C=N–C) groups is 1. The zero-order valence-electron chi connectivity index (χ0n) is 13.2. The molecule has 0 saturated heterocycles. The second kappa shape index (κ2) is 11.8. The highest BCUT2D eigenvalue weighted by Gasteiger charge is 2.00. The summed E-state index contributed by atoms with van der Waals surface area (Å²) in [4.78, 5) is 8.32. The van der Waals surface area contributed by atoms with Gasteiger partial charge in [0.05, 0.1) is 12.8 Å². The van der Waals surface area contributed by atoms with Gasteiger partial charge in [0, 0.05) is 25.8 Å². The molecule has 10 heteroatoms. The first kappa shape index (κ1) is 22.4. The highest BCUT2D eigenvalue weighted by molar-refractivity contribution is 14.0. The summed E-state index contributed by atoms with van der Waals surface area (Å²) in [5, 5.41) is 6.76. The second-order valence-electron chi connectivity index (χ2n) is 4.59. The Kier molecular flexibility index (Phi) is 11.5. The van der Waals surface area contributed by atoms with Crippen LogP contribution >= 0.6 is 35.6 Å². The molecule has 7 nitrogen and oxygen atoms in total. The number of nitrogens with one attached hydrogen (secondary N) is 3. The molecule has 3 N–H and O–H groups in total. The molecule has 0 aromatic carbocycles. The van der Waals surface area contributed by atoms with E-state index < -0.39 is 10.0 Å². The van der Waals surface area contributed by atoms with Crippen molar-refractivity contribution < 1.29 is 8.42 Å². The number of guanidine groups is 1. The minimum absolute atomic E-state index is 0. The molecule has 1 aromatic rings. The van der Waals surface area contributed by atoms with Crippen molar-refractivity contribution in [1.82, 2.24) is 20.3 Å². The first-order chi connectivity index (χ1) is 10.4. The molecular formula is C13H23ClIN5O2S. The molecule has 1 aromatic heterocycles. The number of aromatic nitrogens is 1. The summed E-state index contributed by atoms with van der Waals surface area (Å²) < 4.78 is 24.3. The molecule has 0 atom stereocenters. The molecule has 0 radical (unpaired) electrons. The standard InChI is InChI=1S/C13H22ClN5O2S.HI/c1-3-15-13(17-8-9-19-22(2,20)21)16-7-6-11-4-5-12(14)18-10-11;/h4-5,10,19H,3,6-9H2,1-2H3,(H2,15,16,17);1H. The highest BCUT2D eigenvalue weighted by Crippen LogP contribution is 2.05. The predicted molar refractivity (Wildman–Crippen MR) is 105 cm³/mol. The SMILES string of the molecule is CCNC(=NCCNS(C)(=O)=O)NCCc1ccc(Cl)nc1.I. The van der Waals surface area contributed by atoms with Crippen LogP contribution in [0.25, 0.3) is 0 Å². The minimum Gasteiger partial charge on any atom is -0.357 e. The van der Waals surface area contributed by atoms with E-state index in [1.165, 1.54) is 0 Å². The third-order valence-corrected chi connectivity index (χ3v) is 3.54. The molecule has 0 aliphatic heterocycles. The maximum atomic E-state index is 10.9. The summed E-state index contributed by atoms with van der Waals surface area (Å²) >= 11 is 5.74. The normalized spacial score (nSPS) is 11.7. The Bertz CT molecular complexity index is 581. The third kappa shape index (κ3) is 11.5. The van der Waals surface area contributed by atoms with Crippen LogP contribution in [0.15, 0.2) is 23.3 Å². The molecule has 0 aliphatic carbocycles. The van der Waals surface area contributed by atoms with E-state index in [-0.39, 0.29) is 30.5 Å². The van der Waals surface area contributed by atoms with Crippen LogP contribution in [0.2, 0.25) is 5.15 Å². The Balaban J connectivity index is 0.00000484. The molecule has 0 aliphatic rings. The molecule has 0 bridgehead atoms. The molecule has 1 rings (SSSR count). The Labute approximate surface area is 159 Å². The summed E-state index contributed by atoms with van der Waals surface area (Å²) in [5.41, 5.74) is 1.08. The smallest absolute Gasteiger partial charge is 0.208 e. The Morgan fingerprint density at radius 3 is 2.61 bits per heavy atom. The Hall–Kier alpha value is -0.650. The van der Waals surface area contributed by atoms with E-state index in [1.54, 1.807) is 12.3 Å². The van der Waals surface area contributed by atoms with Gasteiger partial charge >= 0.3 is 0 Å². The van der Waals surface area contributed by atoms with E-state index >= 15 is 0 Å². The molecule has 132 valence electrons.